The van der Waals surface area contributed by atoms with Gasteiger partial charge in [-0.3, -0.25) is 5.10 Å². The Balaban J connectivity index is 2.85. The molecule has 0 amide bonds. The van der Waals surface area contributed by atoms with Crippen LogP contribution in [0, 0.1) is 5.82 Å². The third-order valence-corrected chi connectivity index (χ3v) is 1.67. The highest BCUT2D eigenvalue weighted by atomic mass is 19.1. The lowest BCUT2D eigenvalue weighted by Crippen LogP contribution is -1.74. The second kappa shape index (κ2) is 2.80. The van der Waals surface area contributed by atoms with Crippen molar-refractivity contribution >= 4 is 22.8 Å². The van der Waals surface area contributed by atoms with E-state index < -0.39 is 5.82 Å². The quantitative estimate of drug-likeness (QED) is 0.532. The molecule has 0 aliphatic rings. The second-order valence-electron chi connectivity index (χ2n) is 2.41. The number of aliphatic imine (C=N–C) groups is 1. The zero-order valence-corrected chi connectivity index (χ0v) is 6.41. The van der Waals surface area contributed by atoms with Crippen LogP contribution >= 0.6 is 0 Å². The molecule has 64 valence electrons. The van der Waals surface area contributed by atoms with Crippen LogP contribution in [-0.2, 0) is 4.79 Å². The zero-order valence-electron chi connectivity index (χ0n) is 6.41. The van der Waals surface area contributed by atoms with Crippen LogP contribution in [-0.4, -0.2) is 16.3 Å². The van der Waals surface area contributed by atoms with Crippen molar-refractivity contribution in [3.63, 3.8) is 0 Å². The molecule has 0 spiro atoms. The molecule has 2 rings (SSSR count). The smallest absolute Gasteiger partial charge is 0.242 e. The molecular formula is C8H4FN3O. The Bertz CT molecular complexity index is 499. The monoisotopic (exact) mass is 177 g/mol. The largest absolute Gasteiger partial charge is 0.259 e. The number of hydrogen-bond acceptors (Lipinski definition) is 3. The van der Waals surface area contributed by atoms with E-state index >= 15 is 0 Å². The zero-order chi connectivity index (χ0) is 9.26. The van der Waals surface area contributed by atoms with Crippen LogP contribution < -0.4 is 0 Å². The molecule has 0 atom stereocenters. The molecule has 0 saturated heterocycles. The summed E-state index contributed by atoms with van der Waals surface area (Å²) in [5.74, 6) is -0.358. The van der Waals surface area contributed by atoms with Gasteiger partial charge in [-0.25, -0.2) is 9.18 Å². The summed E-state index contributed by atoms with van der Waals surface area (Å²) in [6.07, 6.45) is 1.33. The molecule has 1 aromatic heterocycles. The van der Waals surface area contributed by atoms with Gasteiger partial charge < -0.3 is 0 Å². The molecule has 0 fully saturated rings. The van der Waals surface area contributed by atoms with E-state index in [9.17, 15) is 9.18 Å². The molecule has 1 aromatic carbocycles. The molecule has 5 heteroatoms. The van der Waals surface area contributed by atoms with Crippen LogP contribution in [0.2, 0.25) is 0 Å². The van der Waals surface area contributed by atoms with Crippen LogP contribution in [0.4, 0.5) is 10.2 Å². The third kappa shape index (κ3) is 1.11. The van der Waals surface area contributed by atoms with E-state index in [1.165, 1.54) is 18.2 Å². The van der Waals surface area contributed by atoms with Gasteiger partial charge in [0.25, 0.3) is 0 Å². The summed E-state index contributed by atoms with van der Waals surface area (Å²) >= 11 is 0. The molecule has 0 radical (unpaired) electrons. The minimum absolute atomic E-state index is 0.100. The van der Waals surface area contributed by atoms with E-state index in [0.29, 0.717) is 5.52 Å². The Morgan fingerprint density at radius 3 is 3.15 bits per heavy atom. The molecule has 0 aliphatic heterocycles. The summed E-state index contributed by atoms with van der Waals surface area (Å²) in [5.41, 5.74) is 0.439. The summed E-state index contributed by atoms with van der Waals surface area (Å²) in [5, 5.41) is 6.41. The number of H-pyrrole nitrogens is 1. The number of nitrogens with zero attached hydrogens (tertiary/aromatic N) is 2. The first-order chi connectivity index (χ1) is 6.33. The van der Waals surface area contributed by atoms with Crippen molar-refractivity contribution in [2.45, 2.75) is 0 Å². The Morgan fingerprint density at radius 1 is 1.54 bits per heavy atom. The van der Waals surface area contributed by atoms with Crippen molar-refractivity contribution in [3.8, 4) is 0 Å². The van der Waals surface area contributed by atoms with Crippen LogP contribution in [0.1, 0.15) is 0 Å². The van der Waals surface area contributed by atoms with Crippen LogP contribution in [0.5, 0.6) is 0 Å². The number of fused-ring (bicyclic) bond motifs is 1. The summed E-state index contributed by atoms with van der Waals surface area (Å²) < 4.78 is 13.2. The average molecular weight is 177 g/mol. The number of aromatic nitrogens is 2. The van der Waals surface area contributed by atoms with Crippen molar-refractivity contribution in [1.82, 2.24) is 10.2 Å². The number of isocyanates is 1. The molecule has 1 N–H and O–H groups in total. The van der Waals surface area contributed by atoms with E-state index in [0.717, 1.165) is 0 Å². The molecule has 1 heterocycles. The van der Waals surface area contributed by atoms with Crippen molar-refractivity contribution < 1.29 is 9.18 Å². The normalized spacial score (nSPS) is 9.92. The molecule has 0 bridgehead atoms. The van der Waals surface area contributed by atoms with Gasteiger partial charge in [0.05, 0.1) is 10.9 Å². The topological polar surface area (TPSA) is 58.1 Å². The van der Waals surface area contributed by atoms with Gasteiger partial charge in [0.15, 0.2) is 5.82 Å². The van der Waals surface area contributed by atoms with E-state index in [4.69, 9.17) is 0 Å². The van der Waals surface area contributed by atoms with Gasteiger partial charge >= 0.3 is 0 Å². The standard InChI is InChI=1S/C8H4FN3O/c9-5-2-1-3-6-7(5)8(10-4-13)12-11-6/h1-3H,(H,11,12). The van der Waals surface area contributed by atoms with Gasteiger partial charge in [0, 0.05) is 0 Å². The fourth-order valence-electron chi connectivity index (χ4n) is 1.14. The Morgan fingerprint density at radius 2 is 2.38 bits per heavy atom. The number of rotatable bonds is 1. The molecule has 0 aliphatic carbocycles. The number of benzene rings is 1. The molecule has 0 unspecified atom stereocenters. The Hall–Kier alpha value is -2.00. The number of hydrogen-bond donors (Lipinski definition) is 1. The molecule has 4 nitrogen and oxygen atoms in total. The second-order valence-corrected chi connectivity index (χ2v) is 2.41. The first-order valence-corrected chi connectivity index (χ1v) is 3.53. The van der Waals surface area contributed by atoms with E-state index in [2.05, 4.69) is 15.2 Å². The highest BCUT2D eigenvalue weighted by molar-refractivity contribution is 5.89. The lowest BCUT2D eigenvalue weighted by atomic mass is 10.2. The maximum Gasteiger partial charge on any atom is 0.242 e. The van der Waals surface area contributed by atoms with Gasteiger partial charge in [0.2, 0.25) is 6.08 Å². The average Bonchev–Trinajstić information content (AvgIpc) is 2.51. The summed E-state index contributed by atoms with van der Waals surface area (Å²) in [6.45, 7) is 0. The van der Waals surface area contributed by atoms with E-state index in [-0.39, 0.29) is 11.2 Å². The molecule has 2 aromatic rings. The molecule has 13 heavy (non-hydrogen) atoms. The van der Waals surface area contributed by atoms with Gasteiger partial charge in [-0.15, -0.1) is 4.99 Å². The fourth-order valence-corrected chi connectivity index (χ4v) is 1.14. The number of aromatic amines is 1. The lowest BCUT2D eigenvalue weighted by Gasteiger charge is -1.89. The molecular weight excluding hydrogens is 173 g/mol. The number of nitrogens with one attached hydrogen (secondary N) is 1. The molecule has 0 saturated carbocycles. The van der Waals surface area contributed by atoms with Crippen molar-refractivity contribution in [3.05, 3.63) is 24.0 Å². The maximum absolute atomic E-state index is 13.2. The number of halogens is 1. The minimum atomic E-state index is -0.458. The fraction of sp³-hybridized carbons (Fsp3) is 0. The van der Waals surface area contributed by atoms with E-state index in [1.807, 2.05) is 0 Å². The summed E-state index contributed by atoms with van der Waals surface area (Å²) in [7, 11) is 0. The van der Waals surface area contributed by atoms with Crippen molar-refractivity contribution in [1.29, 1.82) is 0 Å². The van der Waals surface area contributed by atoms with Crippen LogP contribution in [0.25, 0.3) is 10.9 Å². The third-order valence-electron chi connectivity index (χ3n) is 1.67. The predicted molar refractivity (Wildman–Crippen MR) is 43.8 cm³/mol. The maximum atomic E-state index is 13.2. The Kier molecular flexibility index (Phi) is 1.65. The number of carbonyl (C=O) groups excluding carboxylic acids is 1. The van der Waals surface area contributed by atoms with Gasteiger partial charge in [-0.2, -0.15) is 5.10 Å². The summed E-state index contributed by atoms with van der Waals surface area (Å²) in [6, 6.07) is 4.44. The van der Waals surface area contributed by atoms with E-state index in [1.54, 1.807) is 6.07 Å². The van der Waals surface area contributed by atoms with Gasteiger partial charge in [-0.1, -0.05) is 6.07 Å². The van der Waals surface area contributed by atoms with Crippen molar-refractivity contribution in [2.75, 3.05) is 0 Å². The first kappa shape index (κ1) is 7.64. The first-order valence-electron chi connectivity index (χ1n) is 3.53. The highest BCUT2D eigenvalue weighted by Gasteiger charge is 2.08. The highest BCUT2D eigenvalue weighted by Crippen LogP contribution is 2.24. The van der Waals surface area contributed by atoms with Gasteiger partial charge in [0.1, 0.15) is 5.82 Å². The minimum Gasteiger partial charge on any atom is -0.259 e. The summed E-state index contributed by atoms with van der Waals surface area (Å²) in [4.78, 5) is 13.3. The SMILES string of the molecule is O=C=Nc1[nH]nc2cccc(F)c12. The lowest BCUT2D eigenvalue weighted by molar-refractivity contribution is 0.565. The van der Waals surface area contributed by atoms with Crippen molar-refractivity contribution in [2.24, 2.45) is 4.99 Å². The van der Waals surface area contributed by atoms with Crippen LogP contribution in [0.15, 0.2) is 23.2 Å². The van der Waals surface area contributed by atoms with Crippen LogP contribution in [0.3, 0.4) is 0 Å². The predicted octanol–water partition coefficient (Wildman–Crippen LogP) is 1.67. The Labute approximate surface area is 72.1 Å². The van der Waals surface area contributed by atoms with Gasteiger partial charge in [-0.05, 0) is 12.1 Å².